The van der Waals surface area contributed by atoms with E-state index in [0.717, 1.165) is 12.8 Å². The molecule has 4 heterocycles. The molecule has 11 heteroatoms. The summed E-state index contributed by atoms with van der Waals surface area (Å²) in [5.74, 6) is 0.929. The summed E-state index contributed by atoms with van der Waals surface area (Å²) in [4.78, 5) is 27.1. The van der Waals surface area contributed by atoms with Crippen LogP contribution in [0.5, 0.6) is 0 Å². The van der Waals surface area contributed by atoms with Crippen molar-refractivity contribution in [2.24, 2.45) is 0 Å². The largest absolute Gasteiger partial charge is 0.338 e. The van der Waals surface area contributed by atoms with Crippen LogP contribution >= 0.6 is 0 Å². The molecule has 10 nitrogen and oxygen atoms in total. The molecule has 0 radical (unpaired) electrons. The third kappa shape index (κ3) is 3.70. The van der Waals surface area contributed by atoms with Gasteiger partial charge >= 0.3 is 0 Å². The molecule has 5 rings (SSSR count). The number of carbonyl (C=O) groups is 1. The van der Waals surface area contributed by atoms with Gasteiger partial charge in [-0.1, -0.05) is 5.16 Å². The van der Waals surface area contributed by atoms with Crippen molar-refractivity contribution >= 4 is 15.9 Å². The van der Waals surface area contributed by atoms with E-state index in [0.29, 0.717) is 49.3 Å². The zero-order chi connectivity index (χ0) is 21.4. The summed E-state index contributed by atoms with van der Waals surface area (Å²) < 4.78 is 32.0. The van der Waals surface area contributed by atoms with Crippen molar-refractivity contribution < 1.29 is 17.7 Å². The van der Waals surface area contributed by atoms with E-state index in [-0.39, 0.29) is 16.7 Å². The van der Waals surface area contributed by atoms with E-state index >= 15 is 0 Å². The average Bonchev–Trinajstić information content (AvgIpc) is 3.46. The van der Waals surface area contributed by atoms with Gasteiger partial charge in [-0.25, -0.2) is 18.4 Å². The lowest BCUT2D eigenvalue weighted by atomic mass is 9.99. The molecule has 0 N–H and O–H groups in total. The fourth-order valence-corrected chi connectivity index (χ4v) is 5.25. The van der Waals surface area contributed by atoms with Crippen molar-refractivity contribution in [2.45, 2.75) is 23.7 Å². The first-order valence-electron chi connectivity index (χ1n) is 10.0. The van der Waals surface area contributed by atoms with Crippen LogP contribution in [0, 0.1) is 0 Å². The number of benzene rings is 1. The van der Waals surface area contributed by atoms with Gasteiger partial charge in [0, 0.05) is 44.1 Å². The molecule has 1 aromatic carbocycles. The number of sulfonamides is 1. The summed E-state index contributed by atoms with van der Waals surface area (Å²) in [5.41, 5.74) is 0.447. The van der Waals surface area contributed by atoms with Crippen LogP contribution in [-0.2, 0) is 10.0 Å². The number of hydrogen-bond acceptors (Lipinski definition) is 8. The lowest BCUT2D eigenvalue weighted by molar-refractivity contribution is 0.0569. The van der Waals surface area contributed by atoms with E-state index in [1.54, 1.807) is 35.5 Å². The maximum Gasteiger partial charge on any atom is 0.253 e. The molecule has 0 saturated carbocycles. The van der Waals surface area contributed by atoms with Crippen molar-refractivity contribution in [2.75, 3.05) is 26.2 Å². The molecule has 2 aromatic heterocycles. The number of aromatic nitrogens is 4. The fourth-order valence-electron chi connectivity index (χ4n) is 3.74. The van der Waals surface area contributed by atoms with Gasteiger partial charge in [-0.05, 0) is 43.2 Å². The van der Waals surface area contributed by atoms with Crippen LogP contribution < -0.4 is 0 Å². The van der Waals surface area contributed by atoms with Gasteiger partial charge in [0.05, 0.1) is 10.8 Å². The molecule has 0 atom stereocenters. The molecule has 2 fully saturated rings. The number of carbonyl (C=O) groups excluding carboxylic acids is 1. The highest BCUT2D eigenvalue weighted by atomic mass is 32.2. The normalized spacial score (nSPS) is 17.6. The number of amides is 1. The van der Waals surface area contributed by atoms with E-state index in [9.17, 15) is 13.2 Å². The van der Waals surface area contributed by atoms with Crippen LogP contribution in [0.3, 0.4) is 0 Å². The van der Waals surface area contributed by atoms with Crippen molar-refractivity contribution in [3.05, 3.63) is 54.2 Å². The van der Waals surface area contributed by atoms with E-state index in [1.165, 1.54) is 16.4 Å². The van der Waals surface area contributed by atoms with Crippen LogP contribution in [0.15, 0.2) is 52.1 Å². The molecular weight excluding hydrogens is 420 g/mol. The molecule has 0 spiro atoms. The zero-order valence-corrected chi connectivity index (χ0v) is 17.4. The second kappa shape index (κ2) is 7.82. The Morgan fingerprint density at radius 3 is 2.35 bits per heavy atom. The van der Waals surface area contributed by atoms with Crippen LogP contribution in [0.25, 0.3) is 11.6 Å². The van der Waals surface area contributed by atoms with E-state index in [4.69, 9.17) is 4.52 Å². The van der Waals surface area contributed by atoms with E-state index in [1.807, 2.05) is 0 Å². The van der Waals surface area contributed by atoms with Crippen LogP contribution in [0.4, 0.5) is 0 Å². The van der Waals surface area contributed by atoms with Crippen molar-refractivity contribution in [1.82, 2.24) is 29.3 Å². The van der Waals surface area contributed by atoms with Gasteiger partial charge < -0.3 is 9.42 Å². The van der Waals surface area contributed by atoms with Crippen molar-refractivity contribution in [3.63, 3.8) is 0 Å². The summed E-state index contributed by atoms with van der Waals surface area (Å²) in [6.07, 6.45) is 4.96. The van der Waals surface area contributed by atoms with Crippen LogP contribution in [-0.4, -0.2) is 69.8 Å². The number of hydrogen-bond donors (Lipinski definition) is 0. The molecule has 0 aliphatic carbocycles. The first kappa shape index (κ1) is 19.8. The Morgan fingerprint density at radius 1 is 1.00 bits per heavy atom. The minimum atomic E-state index is -3.49. The SMILES string of the molecule is O=C(c1ccc(S(=O)(=O)N2CCCC2)cc1)N1CC(c2nc(-c3ncccn3)no2)C1. The van der Waals surface area contributed by atoms with Gasteiger partial charge in [0.2, 0.25) is 27.6 Å². The molecule has 0 unspecified atom stereocenters. The summed E-state index contributed by atoms with van der Waals surface area (Å²) >= 11 is 0. The number of nitrogens with zero attached hydrogens (tertiary/aromatic N) is 6. The zero-order valence-electron chi connectivity index (χ0n) is 16.6. The summed E-state index contributed by atoms with van der Waals surface area (Å²) in [6.45, 7) is 1.99. The lowest BCUT2D eigenvalue weighted by Gasteiger charge is -2.37. The van der Waals surface area contributed by atoms with Gasteiger partial charge in [0.1, 0.15) is 0 Å². The van der Waals surface area contributed by atoms with E-state index < -0.39 is 10.0 Å². The third-order valence-electron chi connectivity index (χ3n) is 5.53. The Hall–Kier alpha value is -3.18. The molecule has 160 valence electrons. The van der Waals surface area contributed by atoms with Crippen LogP contribution in [0.2, 0.25) is 0 Å². The summed E-state index contributed by atoms with van der Waals surface area (Å²) in [7, 11) is -3.49. The van der Waals surface area contributed by atoms with Crippen molar-refractivity contribution in [1.29, 1.82) is 0 Å². The Bertz CT molecular complexity index is 1180. The monoisotopic (exact) mass is 440 g/mol. The van der Waals surface area contributed by atoms with Gasteiger partial charge in [0.25, 0.3) is 5.91 Å². The molecule has 31 heavy (non-hydrogen) atoms. The minimum absolute atomic E-state index is 0.0521. The summed E-state index contributed by atoms with van der Waals surface area (Å²) in [6, 6.07) is 7.84. The standard InChI is InChI=1S/C20H20N6O4S/c27-20(14-4-6-16(7-5-14)31(28,29)26-10-1-2-11-26)25-12-15(13-25)19-23-18(24-30-19)17-21-8-3-9-22-17/h3-9,15H,1-2,10-13H2. The second-order valence-corrected chi connectivity index (χ2v) is 9.51. The predicted octanol–water partition coefficient (Wildman–Crippen LogP) is 1.55. The Kier molecular flexibility index (Phi) is 4.98. The molecule has 2 saturated heterocycles. The first-order valence-corrected chi connectivity index (χ1v) is 11.5. The molecule has 0 bridgehead atoms. The maximum atomic E-state index is 12.7. The molecule has 2 aliphatic rings. The van der Waals surface area contributed by atoms with Gasteiger partial charge in [0.15, 0.2) is 0 Å². The van der Waals surface area contributed by atoms with Gasteiger partial charge in [-0.15, -0.1) is 0 Å². The Morgan fingerprint density at radius 2 is 1.68 bits per heavy atom. The average molecular weight is 440 g/mol. The summed E-state index contributed by atoms with van der Waals surface area (Å²) in [5, 5.41) is 3.91. The Balaban J connectivity index is 1.22. The predicted molar refractivity (Wildman–Crippen MR) is 108 cm³/mol. The van der Waals surface area contributed by atoms with E-state index in [2.05, 4.69) is 20.1 Å². The molecule has 1 amide bonds. The van der Waals surface area contributed by atoms with Crippen molar-refractivity contribution in [3.8, 4) is 11.6 Å². The smallest absolute Gasteiger partial charge is 0.253 e. The fraction of sp³-hybridized carbons (Fsp3) is 0.350. The quantitative estimate of drug-likeness (QED) is 0.586. The lowest BCUT2D eigenvalue weighted by Crippen LogP contribution is -2.48. The number of rotatable bonds is 5. The number of likely N-dealkylation sites (tertiary alicyclic amines) is 1. The highest BCUT2D eigenvalue weighted by molar-refractivity contribution is 7.89. The van der Waals surface area contributed by atoms with Crippen LogP contribution in [0.1, 0.15) is 35.0 Å². The third-order valence-corrected chi connectivity index (χ3v) is 7.44. The molecule has 2 aliphatic heterocycles. The Labute approximate surface area is 179 Å². The second-order valence-electron chi connectivity index (χ2n) is 7.57. The van der Waals surface area contributed by atoms with Gasteiger partial charge in [-0.3, -0.25) is 4.79 Å². The maximum absolute atomic E-state index is 12.7. The van der Waals surface area contributed by atoms with Gasteiger partial charge in [-0.2, -0.15) is 9.29 Å². The topological polar surface area (TPSA) is 122 Å². The molecule has 3 aromatic rings. The first-order chi connectivity index (χ1) is 15.0. The highest BCUT2D eigenvalue weighted by Crippen LogP contribution is 2.29. The highest BCUT2D eigenvalue weighted by Gasteiger charge is 2.36. The minimum Gasteiger partial charge on any atom is -0.338 e. The molecular formula is C20H20N6O4S.